The zero-order chi connectivity index (χ0) is 10.8. The Hall–Kier alpha value is 0.100. The first kappa shape index (κ1) is 12.2. The summed E-state index contributed by atoms with van der Waals surface area (Å²) in [6, 6.07) is 1.93. The van der Waals surface area contributed by atoms with E-state index in [1.807, 2.05) is 32.2 Å². The van der Waals surface area contributed by atoms with E-state index in [-0.39, 0.29) is 5.60 Å². The van der Waals surface area contributed by atoms with Crippen LogP contribution in [-0.2, 0) is 4.74 Å². The minimum atomic E-state index is -0.538. The fourth-order valence-corrected chi connectivity index (χ4v) is 2.56. The molecule has 2 nitrogen and oxygen atoms in total. The van der Waals surface area contributed by atoms with E-state index in [9.17, 15) is 5.11 Å². The monoisotopic (exact) mass is 278 g/mol. The van der Waals surface area contributed by atoms with Gasteiger partial charge in [0, 0.05) is 9.35 Å². The zero-order valence-electron chi connectivity index (χ0n) is 8.58. The van der Waals surface area contributed by atoms with Crippen molar-refractivity contribution in [1.82, 2.24) is 0 Å². The van der Waals surface area contributed by atoms with Gasteiger partial charge in [0.2, 0.25) is 0 Å². The number of hydrogen-bond acceptors (Lipinski definition) is 3. The van der Waals surface area contributed by atoms with E-state index in [0.29, 0.717) is 6.61 Å². The predicted octanol–water partition coefficient (Wildman–Crippen LogP) is 3.36. The molecule has 0 fully saturated rings. The number of rotatable bonds is 3. The molecule has 1 rings (SSSR count). The summed E-state index contributed by atoms with van der Waals surface area (Å²) in [6.07, 6.45) is -0.538. The molecule has 0 aliphatic carbocycles. The number of aliphatic hydroxyl groups is 1. The molecule has 0 bridgehead atoms. The van der Waals surface area contributed by atoms with Crippen molar-refractivity contribution in [2.75, 3.05) is 6.61 Å². The highest BCUT2D eigenvalue weighted by Gasteiger charge is 2.17. The van der Waals surface area contributed by atoms with E-state index >= 15 is 0 Å². The van der Waals surface area contributed by atoms with Gasteiger partial charge in [-0.2, -0.15) is 0 Å². The largest absolute Gasteiger partial charge is 0.385 e. The van der Waals surface area contributed by atoms with Crippen LogP contribution in [0.25, 0.3) is 0 Å². The molecule has 1 unspecified atom stereocenters. The predicted molar refractivity (Wildman–Crippen MR) is 62.7 cm³/mol. The molecule has 0 spiro atoms. The van der Waals surface area contributed by atoms with Crippen LogP contribution in [0.1, 0.15) is 31.8 Å². The van der Waals surface area contributed by atoms with Gasteiger partial charge in [-0.1, -0.05) is 0 Å². The van der Waals surface area contributed by atoms with Gasteiger partial charge < -0.3 is 9.84 Å². The normalized spacial score (nSPS) is 14.4. The van der Waals surface area contributed by atoms with Crippen LogP contribution in [0.15, 0.2) is 15.9 Å². The molecule has 1 aromatic rings. The second kappa shape index (κ2) is 4.75. The number of halogens is 1. The van der Waals surface area contributed by atoms with Crippen LogP contribution in [0.5, 0.6) is 0 Å². The lowest BCUT2D eigenvalue weighted by atomic mass is 10.2. The number of ether oxygens (including phenoxy) is 1. The van der Waals surface area contributed by atoms with Crippen molar-refractivity contribution in [2.45, 2.75) is 32.5 Å². The van der Waals surface area contributed by atoms with Gasteiger partial charge in [0.05, 0.1) is 12.2 Å². The van der Waals surface area contributed by atoms with Crippen molar-refractivity contribution in [3.05, 3.63) is 20.8 Å². The number of thiophene rings is 1. The van der Waals surface area contributed by atoms with E-state index in [1.54, 1.807) is 0 Å². The van der Waals surface area contributed by atoms with Crippen molar-refractivity contribution in [2.24, 2.45) is 0 Å². The van der Waals surface area contributed by atoms with Gasteiger partial charge in [-0.3, -0.25) is 0 Å². The second-order valence-electron chi connectivity index (χ2n) is 4.07. The molecule has 4 heteroatoms. The molecule has 1 atom stereocenters. The van der Waals surface area contributed by atoms with Crippen LogP contribution < -0.4 is 0 Å². The number of aliphatic hydroxyl groups excluding tert-OH is 1. The lowest BCUT2D eigenvalue weighted by molar-refractivity contribution is -0.0488. The zero-order valence-corrected chi connectivity index (χ0v) is 11.0. The summed E-state index contributed by atoms with van der Waals surface area (Å²) >= 11 is 4.91. The Morgan fingerprint density at radius 3 is 2.64 bits per heavy atom. The molecule has 1 heterocycles. The molecule has 14 heavy (non-hydrogen) atoms. The van der Waals surface area contributed by atoms with E-state index in [0.717, 1.165) is 9.35 Å². The van der Waals surface area contributed by atoms with Crippen LogP contribution in [0.2, 0.25) is 0 Å². The van der Waals surface area contributed by atoms with Crippen molar-refractivity contribution in [3.8, 4) is 0 Å². The Balaban J connectivity index is 2.51. The Labute approximate surface area is 97.0 Å². The van der Waals surface area contributed by atoms with Gasteiger partial charge in [-0.25, -0.2) is 0 Å². The Kier molecular flexibility index (Phi) is 4.13. The quantitative estimate of drug-likeness (QED) is 0.919. The molecule has 1 aromatic heterocycles. The van der Waals surface area contributed by atoms with Gasteiger partial charge in [-0.05, 0) is 48.1 Å². The molecule has 80 valence electrons. The number of hydrogen-bond donors (Lipinski definition) is 1. The van der Waals surface area contributed by atoms with Crippen molar-refractivity contribution < 1.29 is 9.84 Å². The summed E-state index contributed by atoms with van der Waals surface area (Å²) in [5.74, 6) is 0. The summed E-state index contributed by atoms with van der Waals surface area (Å²) in [7, 11) is 0. The lowest BCUT2D eigenvalue weighted by Gasteiger charge is -2.21. The van der Waals surface area contributed by atoms with Crippen LogP contribution >= 0.6 is 27.3 Å². The molecular weight excluding hydrogens is 264 g/mol. The van der Waals surface area contributed by atoms with Crippen molar-refractivity contribution >= 4 is 27.3 Å². The van der Waals surface area contributed by atoms with Gasteiger partial charge in [-0.15, -0.1) is 11.3 Å². The molecule has 1 N–H and O–H groups in total. The third kappa shape index (κ3) is 3.69. The van der Waals surface area contributed by atoms with Crippen molar-refractivity contribution in [3.63, 3.8) is 0 Å². The highest BCUT2D eigenvalue weighted by atomic mass is 79.9. The molecule has 0 saturated carbocycles. The minimum Gasteiger partial charge on any atom is -0.385 e. The lowest BCUT2D eigenvalue weighted by Crippen LogP contribution is -2.22. The van der Waals surface area contributed by atoms with Crippen LogP contribution in [-0.4, -0.2) is 17.3 Å². The molecule has 0 aliphatic rings. The van der Waals surface area contributed by atoms with E-state index in [1.165, 1.54) is 11.3 Å². The maximum Gasteiger partial charge on any atom is 0.113 e. The minimum absolute atomic E-state index is 0.204. The highest BCUT2D eigenvalue weighted by molar-refractivity contribution is 9.10. The van der Waals surface area contributed by atoms with E-state index in [2.05, 4.69) is 15.9 Å². The first-order valence-corrected chi connectivity index (χ1v) is 6.12. The molecule has 0 saturated heterocycles. The fraction of sp³-hybridized carbons (Fsp3) is 0.600. The molecular formula is C10H15BrO2S. The SMILES string of the molecule is CC(C)(C)OCC(O)c1sccc1Br. The van der Waals surface area contributed by atoms with Gasteiger partial charge >= 0.3 is 0 Å². The van der Waals surface area contributed by atoms with Gasteiger partial charge in [0.25, 0.3) is 0 Å². The maximum absolute atomic E-state index is 9.81. The summed E-state index contributed by atoms with van der Waals surface area (Å²) < 4.78 is 6.46. The second-order valence-corrected chi connectivity index (χ2v) is 5.87. The molecule has 0 amide bonds. The molecule has 0 aliphatic heterocycles. The van der Waals surface area contributed by atoms with Gasteiger partial charge in [0.1, 0.15) is 6.10 Å². The summed E-state index contributed by atoms with van der Waals surface area (Å²) in [5, 5.41) is 11.8. The molecule has 0 aromatic carbocycles. The third-order valence-corrected chi connectivity index (χ3v) is 3.59. The third-order valence-electron chi connectivity index (χ3n) is 1.62. The Morgan fingerprint density at radius 2 is 2.21 bits per heavy atom. The van der Waals surface area contributed by atoms with E-state index < -0.39 is 6.10 Å². The highest BCUT2D eigenvalue weighted by Crippen LogP contribution is 2.29. The van der Waals surface area contributed by atoms with Crippen LogP contribution in [0.4, 0.5) is 0 Å². The smallest absolute Gasteiger partial charge is 0.113 e. The summed E-state index contributed by atoms with van der Waals surface area (Å²) in [5.41, 5.74) is -0.204. The van der Waals surface area contributed by atoms with E-state index in [4.69, 9.17) is 4.74 Å². The molecule has 0 radical (unpaired) electrons. The standard InChI is InChI=1S/C10H15BrO2S/c1-10(2,3)13-6-8(12)9-7(11)4-5-14-9/h4-5,8,12H,6H2,1-3H3. The summed E-state index contributed by atoms with van der Waals surface area (Å²) in [4.78, 5) is 0.925. The van der Waals surface area contributed by atoms with Crippen LogP contribution in [0, 0.1) is 0 Å². The fourth-order valence-electron chi connectivity index (χ4n) is 0.948. The maximum atomic E-state index is 9.81. The van der Waals surface area contributed by atoms with Gasteiger partial charge in [0.15, 0.2) is 0 Å². The van der Waals surface area contributed by atoms with Crippen molar-refractivity contribution in [1.29, 1.82) is 0 Å². The average Bonchev–Trinajstić information content (AvgIpc) is 2.46. The first-order chi connectivity index (χ1) is 6.40. The first-order valence-electron chi connectivity index (χ1n) is 4.45. The van der Waals surface area contributed by atoms with Crippen LogP contribution in [0.3, 0.4) is 0 Å². The average molecular weight is 279 g/mol. The Morgan fingerprint density at radius 1 is 1.57 bits per heavy atom. The summed E-state index contributed by atoms with van der Waals surface area (Å²) in [6.45, 7) is 6.26. The topological polar surface area (TPSA) is 29.5 Å². The Bertz CT molecular complexity index is 291.